The number of carbonyl (C=O) groups is 4. The molecule has 0 aromatic rings. The van der Waals surface area contributed by atoms with Crippen molar-refractivity contribution in [3.8, 4) is 0 Å². The van der Waals surface area contributed by atoms with Crippen molar-refractivity contribution in [1.82, 2.24) is 0 Å². The van der Waals surface area contributed by atoms with Crippen molar-refractivity contribution in [2.75, 3.05) is 13.2 Å². The first-order chi connectivity index (χ1) is 10.2. The number of carboxylic acids is 4. The summed E-state index contributed by atoms with van der Waals surface area (Å²) in [4.78, 5) is 38.9. The quantitative estimate of drug-likeness (QED) is 0.248. The van der Waals surface area contributed by atoms with Gasteiger partial charge in [0, 0.05) is 25.0 Å². The zero-order chi connectivity index (χ0) is 18.0. The number of hydrogen-bond acceptors (Lipinski definition) is 6. The molecule has 0 aliphatic heterocycles. The number of rotatable bonds is 8. The van der Waals surface area contributed by atoms with Gasteiger partial charge in [-0.25, -0.2) is 9.59 Å². The molecule has 6 N–H and O–H groups in total. The summed E-state index contributed by atoms with van der Waals surface area (Å²) in [5.41, 5.74) is 0. The Morgan fingerprint density at radius 3 is 1.05 bits per heavy atom. The van der Waals surface area contributed by atoms with Crippen LogP contribution in [0.4, 0.5) is 0 Å². The Morgan fingerprint density at radius 2 is 0.909 bits per heavy atom. The average Bonchev–Trinajstić information content (AvgIpc) is 2.42. The largest absolute Gasteiger partial charge is 0.481 e. The predicted octanol–water partition coefficient (Wildman–Crippen LogP) is -0.601. The van der Waals surface area contributed by atoms with Crippen LogP contribution in [-0.2, 0) is 19.2 Å². The Labute approximate surface area is 125 Å². The molecular formula is C12H20O10. The van der Waals surface area contributed by atoms with Crippen molar-refractivity contribution < 1.29 is 49.8 Å². The summed E-state index contributed by atoms with van der Waals surface area (Å²) < 4.78 is 0. The van der Waals surface area contributed by atoms with Crippen LogP contribution in [-0.4, -0.2) is 67.7 Å². The summed E-state index contributed by atoms with van der Waals surface area (Å²) >= 11 is 0. The molecule has 0 bridgehead atoms. The summed E-state index contributed by atoms with van der Waals surface area (Å²) in [7, 11) is 0. The molecule has 0 unspecified atom stereocenters. The molecule has 0 rings (SSSR count). The van der Waals surface area contributed by atoms with Crippen molar-refractivity contribution in [3.63, 3.8) is 0 Å². The third-order valence-electron chi connectivity index (χ3n) is 1.50. The Bertz CT molecular complexity index is 327. The lowest BCUT2D eigenvalue weighted by Gasteiger charge is -1.92. The number of unbranched alkanes of at least 4 members (excludes halogenated alkanes) is 1. The summed E-state index contributed by atoms with van der Waals surface area (Å²) in [6.07, 6.45) is 2.13. The van der Waals surface area contributed by atoms with E-state index in [1.807, 2.05) is 0 Å². The van der Waals surface area contributed by atoms with Gasteiger partial charge >= 0.3 is 23.9 Å². The van der Waals surface area contributed by atoms with E-state index in [0.717, 1.165) is 0 Å². The van der Waals surface area contributed by atoms with Crippen LogP contribution in [0.3, 0.4) is 0 Å². The van der Waals surface area contributed by atoms with Crippen LogP contribution in [0.15, 0.2) is 12.2 Å². The van der Waals surface area contributed by atoms with Gasteiger partial charge < -0.3 is 30.6 Å². The van der Waals surface area contributed by atoms with Crippen molar-refractivity contribution in [3.05, 3.63) is 12.2 Å². The number of carboxylic acid groups (broad SMARTS) is 4. The van der Waals surface area contributed by atoms with Gasteiger partial charge in [0.05, 0.1) is 13.2 Å². The fourth-order valence-corrected chi connectivity index (χ4v) is 0.695. The standard InChI is InChI=1S/C6H10O4.C4H4O4.C2H6O2/c7-5(8)3-1-2-4-6(9)10;5-3(6)1-2-4(7)8;3-1-2-4/h1-4H2,(H,7,8)(H,9,10);1-2H,(H,5,6)(H,7,8);3-4H,1-2H2. The van der Waals surface area contributed by atoms with Crippen molar-refractivity contribution in [2.45, 2.75) is 25.7 Å². The van der Waals surface area contributed by atoms with E-state index in [1.165, 1.54) is 0 Å². The highest BCUT2D eigenvalue weighted by Gasteiger charge is 1.99. The molecule has 22 heavy (non-hydrogen) atoms. The molecule has 0 saturated heterocycles. The summed E-state index contributed by atoms with van der Waals surface area (Å²) in [6, 6.07) is 0. The van der Waals surface area contributed by atoms with E-state index in [1.54, 1.807) is 0 Å². The topological polar surface area (TPSA) is 190 Å². The molecule has 10 nitrogen and oxygen atoms in total. The van der Waals surface area contributed by atoms with Gasteiger partial charge in [-0.05, 0) is 12.8 Å². The molecule has 128 valence electrons. The van der Waals surface area contributed by atoms with E-state index in [9.17, 15) is 19.2 Å². The summed E-state index contributed by atoms with van der Waals surface area (Å²) in [6.45, 7) is -0.250. The van der Waals surface area contributed by atoms with E-state index in [-0.39, 0.29) is 26.1 Å². The van der Waals surface area contributed by atoms with Crippen LogP contribution in [0.5, 0.6) is 0 Å². The second kappa shape index (κ2) is 18.5. The maximum Gasteiger partial charge on any atom is 0.328 e. The van der Waals surface area contributed by atoms with Crippen molar-refractivity contribution in [2.24, 2.45) is 0 Å². The SMILES string of the molecule is O=C(O)C=CC(=O)O.O=C(O)CCCCC(=O)O.OCCO. The molecule has 0 amide bonds. The molecule has 0 heterocycles. The number of aliphatic carboxylic acids is 4. The Kier molecular flexibility index (Phi) is 20.7. The van der Waals surface area contributed by atoms with Gasteiger partial charge in [0.25, 0.3) is 0 Å². The lowest BCUT2D eigenvalue weighted by atomic mass is 10.2. The van der Waals surface area contributed by atoms with E-state index < -0.39 is 23.9 Å². The van der Waals surface area contributed by atoms with Crippen LogP contribution in [0.1, 0.15) is 25.7 Å². The minimum Gasteiger partial charge on any atom is -0.481 e. The maximum absolute atomic E-state index is 9.90. The monoisotopic (exact) mass is 324 g/mol. The van der Waals surface area contributed by atoms with Crippen molar-refractivity contribution in [1.29, 1.82) is 0 Å². The molecular weight excluding hydrogens is 304 g/mol. The van der Waals surface area contributed by atoms with Crippen LogP contribution >= 0.6 is 0 Å². The average molecular weight is 324 g/mol. The van der Waals surface area contributed by atoms with Crippen LogP contribution in [0.25, 0.3) is 0 Å². The van der Waals surface area contributed by atoms with Crippen LogP contribution < -0.4 is 0 Å². The highest BCUT2D eigenvalue weighted by Crippen LogP contribution is 1.98. The normalized spacial score (nSPS) is 9.00. The highest BCUT2D eigenvalue weighted by molar-refractivity contribution is 5.89. The molecule has 0 atom stereocenters. The third kappa shape index (κ3) is 43.2. The minimum atomic E-state index is -1.26. The molecule has 0 aromatic heterocycles. The summed E-state index contributed by atoms with van der Waals surface area (Å²) in [5.74, 6) is -4.25. The van der Waals surface area contributed by atoms with Gasteiger partial charge in [0.2, 0.25) is 0 Å². The smallest absolute Gasteiger partial charge is 0.328 e. The maximum atomic E-state index is 9.90. The van der Waals surface area contributed by atoms with E-state index in [4.69, 9.17) is 30.6 Å². The Balaban J connectivity index is -0.000000269. The molecule has 0 aliphatic rings. The van der Waals surface area contributed by atoms with Gasteiger partial charge in [-0.3, -0.25) is 9.59 Å². The molecule has 0 saturated carbocycles. The molecule has 0 aromatic carbocycles. The van der Waals surface area contributed by atoms with Gasteiger partial charge in [-0.15, -0.1) is 0 Å². The summed E-state index contributed by atoms with van der Waals surface area (Å²) in [5, 5.41) is 47.1. The molecule has 0 spiro atoms. The molecule has 10 heteroatoms. The fourth-order valence-electron chi connectivity index (χ4n) is 0.695. The number of aliphatic hydroxyl groups is 2. The highest BCUT2D eigenvalue weighted by atomic mass is 16.4. The molecule has 0 radical (unpaired) electrons. The van der Waals surface area contributed by atoms with E-state index in [0.29, 0.717) is 25.0 Å². The lowest BCUT2D eigenvalue weighted by molar-refractivity contribution is -0.139. The molecule has 0 fully saturated rings. The zero-order valence-corrected chi connectivity index (χ0v) is 11.7. The number of hydrogen-bond donors (Lipinski definition) is 6. The first-order valence-electron chi connectivity index (χ1n) is 5.96. The van der Waals surface area contributed by atoms with Gasteiger partial charge in [0.1, 0.15) is 0 Å². The third-order valence-corrected chi connectivity index (χ3v) is 1.50. The van der Waals surface area contributed by atoms with Crippen LogP contribution in [0, 0.1) is 0 Å². The predicted molar refractivity (Wildman–Crippen MR) is 72.3 cm³/mol. The minimum absolute atomic E-state index is 0.0628. The first-order valence-corrected chi connectivity index (χ1v) is 5.96. The van der Waals surface area contributed by atoms with Gasteiger partial charge in [-0.2, -0.15) is 0 Å². The van der Waals surface area contributed by atoms with E-state index >= 15 is 0 Å². The van der Waals surface area contributed by atoms with Gasteiger partial charge in [0.15, 0.2) is 0 Å². The van der Waals surface area contributed by atoms with Crippen LogP contribution in [0.2, 0.25) is 0 Å². The number of aliphatic hydroxyl groups excluding tert-OH is 2. The lowest BCUT2D eigenvalue weighted by Crippen LogP contribution is -1.97. The van der Waals surface area contributed by atoms with Crippen molar-refractivity contribution >= 4 is 23.9 Å². The fraction of sp³-hybridized carbons (Fsp3) is 0.500. The Hall–Kier alpha value is -2.46. The van der Waals surface area contributed by atoms with E-state index in [2.05, 4.69) is 0 Å². The first kappa shape index (κ1) is 24.6. The molecule has 0 aliphatic carbocycles. The van der Waals surface area contributed by atoms with Gasteiger partial charge in [-0.1, -0.05) is 0 Å². The second-order valence-corrected chi connectivity index (χ2v) is 3.45. The second-order valence-electron chi connectivity index (χ2n) is 3.45. The zero-order valence-electron chi connectivity index (χ0n) is 11.7. The Morgan fingerprint density at radius 1 is 0.636 bits per heavy atom.